The van der Waals surface area contributed by atoms with Crippen molar-refractivity contribution >= 4 is 24.8 Å². The van der Waals surface area contributed by atoms with E-state index < -0.39 is 14.4 Å². The molecule has 5 heteroatoms. The van der Waals surface area contributed by atoms with E-state index in [-0.39, 0.29) is 17.7 Å². The van der Waals surface area contributed by atoms with Crippen LogP contribution in [-0.4, -0.2) is 27.1 Å². The highest BCUT2D eigenvalue weighted by Gasteiger charge is 2.51. The van der Waals surface area contributed by atoms with Gasteiger partial charge < -0.3 is 14.5 Å². The third kappa shape index (κ3) is 7.18. The number of hydrogen-bond donors (Lipinski definition) is 1. The van der Waals surface area contributed by atoms with Crippen molar-refractivity contribution in [1.29, 1.82) is 0 Å². The molecule has 1 N–H and O–H groups in total. The van der Waals surface area contributed by atoms with Crippen LogP contribution in [0, 0.1) is 0 Å². The van der Waals surface area contributed by atoms with Crippen LogP contribution in [0.25, 0.3) is 0 Å². The van der Waals surface area contributed by atoms with Gasteiger partial charge in [-0.2, -0.15) is 0 Å². The third-order valence-corrected chi connectivity index (χ3v) is 11.3. The summed E-state index contributed by atoms with van der Waals surface area (Å²) in [5.74, 6) is 0. The first kappa shape index (κ1) is 27.4. The van der Waals surface area contributed by atoms with E-state index in [1.807, 2.05) is 42.5 Å². The molecule has 0 saturated heterocycles. The Morgan fingerprint density at radius 3 is 1.89 bits per heavy atom. The number of allylic oxidation sites excluding steroid dienone is 1. The fraction of sp³-hybridized carbons (Fsp3) is 0.323. The van der Waals surface area contributed by atoms with Crippen molar-refractivity contribution in [1.82, 2.24) is 5.32 Å². The number of benzene rings is 3. The molecular weight excluding hydrogens is 462 g/mol. The first-order valence-electron chi connectivity index (χ1n) is 12.7. The molecule has 190 valence electrons. The van der Waals surface area contributed by atoms with E-state index in [2.05, 4.69) is 93.7 Å². The maximum absolute atomic E-state index is 12.6. The maximum Gasteiger partial charge on any atom is 0.407 e. The molecule has 0 spiro atoms. The summed E-state index contributed by atoms with van der Waals surface area (Å²) in [6.07, 6.45) is 5.32. The predicted octanol–water partition coefficient (Wildman–Crippen LogP) is 6.21. The maximum atomic E-state index is 12.6. The predicted molar refractivity (Wildman–Crippen MR) is 151 cm³/mol. The average Bonchev–Trinajstić information content (AvgIpc) is 2.89. The average molecular weight is 502 g/mol. The lowest BCUT2D eigenvalue weighted by Gasteiger charge is -2.45. The van der Waals surface area contributed by atoms with Crippen LogP contribution in [-0.2, 0) is 15.8 Å². The molecule has 0 aromatic heterocycles. The Labute approximate surface area is 217 Å². The van der Waals surface area contributed by atoms with Gasteiger partial charge in [-0.05, 0) is 33.8 Å². The van der Waals surface area contributed by atoms with E-state index in [0.717, 1.165) is 12.0 Å². The first-order valence-corrected chi connectivity index (χ1v) is 14.7. The standard InChI is InChI=1S/C31H39NO3Si/c1-5-6-10-19-27(24-32-30(33)34-25-26-17-11-7-12-18-26)35-36(31(2,3)4,28-20-13-8-14-21-28)29-22-15-9-16-23-29/h6-18,20-23,27H,5,19,24-25H2,1-4H3,(H,32,33)/b10-6+/t27-/m1/s1. The largest absolute Gasteiger partial charge is 0.445 e. The quantitative estimate of drug-likeness (QED) is 0.251. The summed E-state index contributed by atoms with van der Waals surface area (Å²) in [4.78, 5) is 12.6. The lowest BCUT2D eigenvalue weighted by Crippen LogP contribution is -2.68. The van der Waals surface area contributed by atoms with E-state index in [9.17, 15) is 4.79 Å². The minimum atomic E-state index is -2.74. The summed E-state index contributed by atoms with van der Waals surface area (Å²) in [6, 6.07) is 30.9. The molecule has 0 aliphatic heterocycles. The van der Waals surface area contributed by atoms with Gasteiger partial charge in [0.05, 0.1) is 6.10 Å². The summed E-state index contributed by atoms with van der Waals surface area (Å²) in [7, 11) is -2.74. The molecule has 3 rings (SSSR count). The van der Waals surface area contributed by atoms with Crippen LogP contribution in [0.15, 0.2) is 103 Å². The highest BCUT2D eigenvalue weighted by molar-refractivity contribution is 6.99. The summed E-state index contributed by atoms with van der Waals surface area (Å²) in [5, 5.41) is 5.26. The molecule has 36 heavy (non-hydrogen) atoms. The summed E-state index contributed by atoms with van der Waals surface area (Å²) in [5.41, 5.74) is 0.957. The summed E-state index contributed by atoms with van der Waals surface area (Å²) in [6.45, 7) is 9.52. The number of amides is 1. The van der Waals surface area contributed by atoms with E-state index in [1.54, 1.807) is 0 Å². The van der Waals surface area contributed by atoms with Crippen molar-refractivity contribution in [2.24, 2.45) is 0 Å². The van der Waals surface area contributed by atoms with Crippen LogP contribution in [0.5, 0.6) is 0 Å². The molecule has 0 aliphatic carbocycles. The number of ether oxygens (including phenoxy) is 1. The number of carbonyl (C=O) groups excluding carboxylic acids is 1. The number of alkyl carbamates (subject to hydrolysis) is 1. The van der Waals surface area contributed by atoms with E-state index in [4.69, 9.17) is 9.16 Å². The molecule has 4 nitrogen and oxygen atoms in total. The topological polar surface area (TPSA) is 47.6 Å². The second-order valence-corrected chi connectivity index (χ2v) is 14.2. The van der Waals surface area contributed by atoms with Gasteiger partial charge in [0.2, 0.25) is 0 Å². The molecule has 0 radical (unpaired) electrons. The summed E-state index contributed by atoms with van der Waals surface area (Å²) >= 11 is 0. The molecular formula is C31H39NO3Si. The van der Waals surface area contributed by atoms with Crippen molar-refractivity contribution in [3.8, 4) is 0 Å². The van der Waals surface area contributed by atoms with Crippen molar-refractivity contribution in [3.05, 3.63) is 109 Å². The van der Waals surface area contributed by atoms with Crippen LogP contribution in [0.1, 0.15) is 46.1 Å². The van der Waals surface area contributed by atoms with Crippen LogP contribution in [0.2, 0.25) is 5.04 Å². The van der Waals surface area contributed by atoms with Crippen LogP contribution in [0.4, 0.5) is 4.79 Å². The Morgan fingerprint density at radius 2 is 1.39 bits per heavy atom. The van der Waals surface area contributed by atoms with Crippen molar-refractivity contribution in [3.63, 3.8) is 0 Å². The molecule has 0 bridgehead atoms. The van der Waals surface area contributed by atoms with Crippen LogP contribution >= 0.6 is 0 Å². The van der Waals surface area contributed by atoms with Gasteiger partial charge in [-0.25, -0.2) is 4.79 Å². The smallest absolute Gasteiger partial charge is 0.407 e. The van der Waals surface area contributed by atoms with Gasteiger partial charge in [0.15, 0.2) is 0 Å². The monoisotopic (exact) mass is 501 g/mol. The molecule has 0 aliphatic rings. The molecule has 1 amide bonds. The van der Waals surface area contributed by atoms with Crippen molar-refractivity contribution in [2.75, 3.05) is 6.54 Å². The second-order valence-electron chi connectivity index (χ2n) is 9.96. The van der Waals surface area contributed by atoms with Gasteiger partial charge in [0, 0.05) is 6.54 Å². The van der Waals surface area contributed by atoms with E-state index >= 15 is 0 Å². The molecule has 3 aromatic carbocycles. The van der Waals surface area contributed by atoms with Crippen molar-refractivity contribution in [2.45, 2.75) is 58.3 Å². The fourth-order valence-corrected chi connectivity index (χ4v) is 9.19. The minimum absolute atomic E-state index is 0.143. The highest BCUT2D eigenvalue weighted by atomic mass is 28.4. The third-order valence-electron chi connectivity index (χ3n) is 6.25. The Kier molecular flexibility index (Phi) is 10.1. The molecule has 0 saturated carbocycles. The Balaban J connectivity index is 1.87. The highest BCUT2D eigenvalue weighted by Crippen LogP contribution is 2.37. The molecule has 0 fully saturated rings. The number of carbonyl (C=O) groups is 1. The fourth-order valence-electron chi connectivity index (χ4n) is 4.50. The SMILES string of the molecule is CC/C=C/C[C@H](CNC(=O)OCc1ccccc1)O[Si](c1ccccc1)(c1ccccc1)C(C)(C)C. The van der Waals surface area contributed by atoms with Gasteiger partial charge in [0.25, 0.3) is 8.32 Å². The number of nitrogens with one attached hydrogen (secondary N) is 1. The van der Waals surface area contributed by atoms with Gasteiger partial charge >= 0.3 is 6.09 Å². The van der Waals surface area contributed by atoms with Gasteiger partial charge in [-0.15, -0.1) is 0 Å². The van der Waals surface area contributed by atoms with Gasteiger partial charge in [-0.3, -0.25) is 0 Å². The van der Waals surface area contributed by atoms with E-state index in [0.29, 0.717) is 13.0 Å². The molecule has 3 aromatic rings. The normalized spacial score (nSPS) is 12.9. The molecule has 1 atom stereocenters. The van der Waals surface area contributed by atoms with Crippen LogP contribution in [0.3, 0.4) is 0 Å². The summed E-state index contributed by atoms with van der Waals surface area (Å²) < 4.78 is 12.7. The molecule has 0 unspecified atom stereocenters. The second kappa shape index (κ2) is 13.2. The zero-order chi connectivity index (χ0) is 25.9. The van der Waals surface area contributed by atoms with Crippen LogP contribution < -0.4 is 15.7 Å². The lowest BCUT2D eigenvalue weighted by atomic mass is 10.2. The number of hydrogen-bond acceptors (Lipinski definition) is 3. The Bertz CT molecular complexity index is 1040. The zero-order valence-electron chi connectivity index (χ0n) is 21.9. The Hall–Kier alpha value is -3.15. The lowest BCUT2D eigenvalue weighted by molar-refractivity contribution is 0.129. The minimum Gasteiger partial charge on any atom is -0.445 e. The van der Waals surface area contributed by atoms with Gasteiger partial charge in [-0.1, -0.05) is 131 Å². The van der Waals surface area contributed by atoms with E-state index in [1.165, 1.54) is 10.4 Å². The first-order chi connectivity index (χ1) is 17.4. The molecule has 0 heterocycles. The van der Waals surface area contributed by atoms with Crippen molar-refractivity contribution < 1.29 is 14.0 Å². The number of rotatable bonds is 11. The zero-order valence-corrected chi connectivity index (χ0v) is 22.9. The van der Waals surface area contributed by atoms with Gasteiger partial charge in [0.1, 0.15) is 6.61 Å². The Morgan fingerprint density at radius 1 is 0.861 bits per heavy atom.